The molecule has 0 spiro atoms. The molecule has 0 bridgehead atoms. The first kappa shape index (κ1) is 15.5. The van der Waals surface area contributed by atoms with Crippen molar-refractivity contribution in [3.63, 3.8) is 0 Å². The molecule has 1 saturated heterocycles. The summed E-state index contributed by atoms with van der Waals surface area (Å²) in [5.74, 6) is -1.17. The van der Waals surface area contributed by atoms with Gasteiger partial charge in [-0.15, -0.1) is 0 Å². The van der Waals surface area contributed by atoms with Crippen molar-refractivity contribution in [3.05, 3.63) is 48.5 Å². The number of hydrogen-bond donors (Lipinski definition) is 1. The van der Waals surface area contributed by atoms with E-state index in [1.54, 1.807) is 23.2 Å². The van der Waals surface area contributed by atoms with Gasteiger partial charge in [0.25, 0.3) is 11.9 Å². The third kappa shape index (κ3) is 2.90. The minimum atomic E-state index is -2.07. The predicted octanol–water partition coefficient (Wildman–Crippen LogP) is 2.92. The summed E-state index contributed by atoms with van der Waals surface area (Å²) in [6.07, 6.45) is 3.02. The third-order valence-electron chi connectivity index (χ3n) is 4.16. The van der Waals surface area contributed by atoms with Gasteiger partial charge in [0, 0.05) is 25.2 Å². The van der Waals surface area contributed by atoms with Crippen LogP contribution < -0.4 is 10.2 Å². The number of oxazole rings is 1. The summed E-state index contributed by atoms with van der Waals surface area (Å²) in [5.41, 5.74) is -0.874. The molecule has 1 N–H and O–H groups in total. The van der Waals surface area contributed by atoms with Gasteiger partial charge >= 0.3 is 0 Å². The van der Waals surface area contributed by atoms with Crippen LogP contribution in [-0.4, -0.2) is 34.6 Å². The Morgan fingerprint density at radius 1 is 1.36 bits per heavy atom. The molecule has 0 radical (unpaired) electrons. The van der Waals surface area contributed by atoms with Gasteiger partial charge in [0.1, 0.15) is 11.3 Å². The lowest BCUT2D eigenvalue weighted by Crippen LogP contribution is -2.41. The summed E-state index contributed by atoms with van der Waals surface area (Å²) < 4.78 is 33.8. The second-order valence-electron chi connectivity index (χ2n) is 5.94. The standard InChI is InChI=1S/C17H14F2N4O2/c18-11-3-4-13-14(8-11)25-16(22-13)23-7-5-17(19,10-23)15(24)21-12-2-1-6-20-9-12/h1-4,6,8-9H,5,7,10H2,(H,21,24). The van der Waals surface area contributed by atoms with Gasteiger partial charge in [-0.2, -0.15) is 4.98 Å². The fourth-order valence-corrected chi connectivity index (χ4v) is 2.82. The maximum atomic E-state index is 15.0. The summed E-state index contributed by atoms with van der Waals surface area (Å²) in [5, 5.41) is 2.53. The number of benzene rings is 1. The highest BCUT2D eigenvalue weighted by Crippen LogP contribution is 2.32. The normalized spacial score (nSPS) is 20.2. The van der Waals surface area contributed by atoms with Crippen molar-refractivity contribution >= 4 is 28.7 Å². The Kier molecular flexibility index (Phi) is 3.60. The van der Waals surface area contributed by atoms with Gasteiger partial charge in [-0.25, -0.2) is 8.78 Å². The molecular formula is C17H14F2N4O2. The van der Waals surface area contributed by atoms with Crippen molar-refractivity contribution in [2.45, 2.75) is 12.1 Å². The molecule has 0 saturated carbocycles. The monoisotopic (exact) mass is 344 g/mol. The second-order valence-corrected chi connectivity index (χ2v) is 5.94. The number of hydrogen-bond acceptors (Lipinski definition) is 5. The topological polar surface area (TPSA) is 71.3 Å². The van der Waals surface area contributed by atoms with Crippen LogP contribution in [0.15, 0.2) is 47.1 Å². The summed E-state index contributed by atoms with van der Waals surface area (Å²) in [4.78, 5) is 21.9. The van der Waals surface area contributed by atoms with Crippen molar-refractivity contribution in [2.24, 2.45) is 0 Å². The van der Waals surface area contributed by atoms with Gasteiger partial charge < -0.3 is 14.6 Å². The minimum Gasteiger partial charge on any atom is -0.423 e. The number of pyridine rings is 1. The second kappa shape index (κ2) is 5.80. The number of carbonyl (C=O) groups excluding carboxylic acids is 1. The zero-order chi connectivity index (χ0) is 17.4. The van der Waals surface area contributed by atoms with E-state index in [-0.39, 0.29) is 31.1 Å². The zero-order valence-corrected chi connectivity index (χ0v) is 13.1. The fourth-order valence-electron chi connectivity index (χ4n) is 2.82. The molecule has 1 fully saturated rings. The summed E-state index contributed by atoms with van der Waals surface area (Å²) in [6, 6.07) is 7.45. The lowest BCUT2D eigenvalue weighted by Gasteiger charge is -2.19. The van der Waals surface area contributed by atoms with Gasteiger partial charge in [0.05, 0.1) is 18.4 Å². The third-order valence-corrected chi connectivity index (χ3v) is 4.16. The van der Waals surface area contributed by atoms with Crippen LogP contribution in [0.5, 0.6) is 0 Å². The molecule has 3 aromatic rings. The fraction of sp³-hybridized carbons (Fsp3) is 0.235. The molecule has 1 unspecified atom stereocenters. The van der Waals surface area contributed by atoms with Crippen LogP contribution in [-0.2, 0) is 4.79 Å². The van der Waals surface area contributed by atoms with E-state index in [2.05, 4.69) is 15.3 Å². The molecule has 6 nitrogen and oxygen atoms in total. The summed E-state index contributed by atoms with van der Waals surface area (Å²) in [6.45, 7) is 0.0840. The van der Waals surface area contributed by atoms with E-state index in [1.165, 1.54) is 24.4 Å². The Bertz CT molecular complexity index is 931. The predicted molar refractivity (Wildman–Crippen MR) is 87.5 cm³/mol. The summed E-state index contributed by atoms with van der Waals surface area (Å²) in [7, 11) is 0. The highest BCUT2D eigenvalue weighted by atomic mass is 19.1. The van der Waals surface area contributed by atoms with E-state index < -0.39 is 17.4 Å². The van der Waals surface area contributed by atoms with Crippen LogP contribution in [0.1, 0.15) is 6.42 Å². The molecule has 3 heterocycles. The van der Waals surface area contributed by atoms with Crippen molar-refractivity contribution in [3.8, 4) is 0 Å². The molecule has 128 valence electrons. The lowest BCUT2D eigenvalue weighted by atomic mass is 10.0. The van der Waals surface area contributed by atoms with Gasteiger partial charge in [0.2, 0.25) is 5.67 Å². The van der Waals surface area contributed by atoms with Crippen molar-refractivity contribution in [1.29, 1.82) is 0 Å². The molecule has 1 amide bonds. The Morgan fingerprint density at radius 3 is 3.04 bits per heavy atom. The van der Waals surface area contributed by atoms with Crippen LogP contribution in [0, 0.1) is 5.82 Å². The van der Waals surface area contributed by atoms with E-state index >= 15 is 4.39 Å². The van der Waals surface area contributed by atoms with Crippen LogP contribution in [0.2, 0.25) is 0 Å². The van der Waals surface area contributed by atoms with Gasteiger partial charge in [-0.1, -0.05) is 0 Å². The SMILES string of the molecule is O=C(Nc1cccnc1)C1(F)CCN(c2nc3ccc(F)cc3o2)C1. The highest BCUT2D eigenvalue weighted by molar-refractivity contribution is 5.98. The number of halogens is 2. The van der Waals surface area contributed by atoms with Crippen molar-refractivity contribution in [1.82, 2.24) is 9.97 Å². The first-order chi connectivity index (χ1) is 12.0. The average Bonchev–Trinajstić information content (AvgIpc) is 3.20. The number of aromatic nitrogens is 2. The van der Waals surface area contributed by atoms with Crippen LogP contribution in [0.3, 0.4) is 0 Å². The number of alkyl halides is 1. The molecule has 0 aliphatic carbocycles. The smallest absolute Gasteiger partial charge is 0.298 e. The lowest BCUT2D eigenvalue weighted by molar-refractivity contribution is -0.126. The number of fused-ring (bicyclic) bond motifs is 1. The first-order valence-electron chi connectivity index (χ1n) is 7.75. The number of carbonyl (C=O) groups is 1. The quantitative estimate of drug-likeness (QED) is 0.791. The number of anilines is 2. The number of amides is 1. The first-order valence-corrected chi connectivity index (χ1v) is 7.75. The molecule has 4 rings (SSSR count). The largest absolute Gasteiger partial charge is 0.423 e. The molecule has 1 aliphatic rings. The molecule has 2 aromatic heterocycles. The molecule has 1 aliphatic heterocycles. The van der Waals surface area contributed by atoms with Crippen LogP contribution in [0.4, 0.5) is 20.5 Å². The van der Waals surface area contributed by atoms with E-state index in [0.29, 0.717) is 11.2 Å². The number of nitrogens with zero attached hydrogens (tertiary/aromatic N) is 3. The maximum Gasteiger partial charge on any atom is 0.298 e. The van der Waals surface area contributed by atoms with E-state index in [4.69, 9.17) is 4.42 Å². The summed E-state index contributed by atoms with van der Waals surface area (Å²) >= 11 is 0. The Hall–Kier alpha value is -3.03. The average molecular weight is 344 g/mol. The maximum absolute atomic E-state index is 15.0. The van der Waals surface area contributed by atoms with Crippen molar-refractivity contribution < 1.29 is 18.0 Å². The van der Waals surface area contributed by atoms with E-state index in [9.17, 15) is 9.18 Å². The van der Waals surface area contributed by atoms with Gasteiger partial charge in [-0.3, -0.25) is 9.78 Å². The minimum absolute atomic E-state index is 0.00613. The zero-order valence-electron chi connectivity index (χ0n) is 13.1. The molecule has 1 aromatic carbocycles. The molecular weight excluding hydrogens is 330 g/mol. The van der Waals surface area contributed by atoms with Gasteiger partial charge in [-0.05, 0) is 24.3 Å². The number of rotatable bonds is 3. The van der Waals surface area contributed by atoms with E-state index in [1.807, 2.05) is 0 Å². The van der Waals surface area contributed by atoms with E-state index in [0.717, 1.165) is 0 Å². The Labute approximate surface area is 141 Å². The number of nitrogens with one attached hydrogen (secondary N) is 1. The van der Waals surface area contributed by atoms with Crippen molar-refractivity contribution in [2.75, 3.05) is 23.3 Å². The van der Waals surface area contributed by atoms with Crippen LogP contribution in [0.25, 0.3) is 11.1 Å². The Morgan fingerprint density at radius 2 is 2.24 bits per heavy atom. The van der Waals surface area contributed by atoms with Crippen LogP contribution >= 0.6 is 0 Å². The Balaban J connectivity index is 1.51. The molecule has 8 heteroatoms. The highest BCUT2D eigenvalue weighted by Gasteiger charge is 2.46. The molecule has 1 atom stereocenters. The molecule has 25 heavy (non-hydrogen) atoms. The van der Waals surface area contributed by atoms with Gasteiger partial charge in [0.15, 0.2) is 5.58 Å².